The van der Waals surface area contributed by atoms with Gasteiger partial charge in [0.15, 0.2) is 11.5 Å². The Bertz CT molecular complexity index is 542. The van der Waals surface area contributed by atoms with Crippen LogP contribution in [0.15, 0.2) is 12.1 Å². The molecular weight excluding hydrogens is 294 g/mol. The molecule has 0 radical (unpaired) electrons. The first kappa shape index (κ1) is 17.9. The fourth-order valence-electron chi connectivity index (χ4n) is 3.68. The highest BCUT2D eigenvalue weighted by molar-refractivity contribution is 5.55. The second kappa shape index (κ2) is 6.21. The average Bonchev–Trinajstić information content (AvgIpc) is 2.81. The zero-order valence-electron chi connectivity index (χ0n) is 15.3. The van der Waals surface area contributed by atoms with Gasteiger partial charge in [-0.05, 0) is 51.6 Å². The van der Waals surface area contributed by atoms with Crippen LogP contribution in [0.2, 0.25) is 0 Å². The third-order valence-corrected chi connectivity index (χ3v) is 5.43. The van der Waals surface area contributed by atoms with Crippen molar-refractivity contribution in [1.29, 1.82) is 0 Å². The summed E-state index contributed by atoms with van der Waals surface area (Å²) in [7, 11) is 6.93. The minimum atomic E-state index is -0.803. The second-order valence-electron chi connectivity index (χ2n) is 7.07. The normalized spacial score (nSPS) is 25.5. The van der Waals surface area contributed by atoms with Crippen LogP contribution in [0.25, 0.3) is 0 Å². The Morgan fingerprint density at radius 1 is 1.13 bits per heavy atom. The van der Waals surface area contributed by atoms with Crippen LogP contribution >= 0.6 is 0 Å². The van der Waals surface area contributed by atoms with E-state index in [1.165, 1.54) is 0 Å². The van der Waals surface area contributed by atoms with Gasteiger partial charge < -0.3 is 19.3 Å². The van der Waals surface area contributed by atoms with Crippen molar-refractivity contribution >= 4 is 0 Å². The molecular formula is C18H29NO4. The topological polar surface area (TPSA) is 51.2 Å². The van der Waals surface area contributed by atoms with Crippen LogP contribution < -0.4 is 14.2 Å². The van der Waals surface area contributed by atoms with Crippen LogP contribution in [-0.2, 0) is 0 Å². The molecule has 1 aromatic rings. The Morgan fingerprint density at radius 3 is 2.04 bits per heavy atom. The SMILES string of the molecule is COc1cc([C@H]2N(C)CC[C@@]2(C)C(C)(C)O)cc(OC)c1OC. The van der Waals surface area contributed by atoms with Crippen LogP contribution in [-0.4, -0.2) is 50.5 Å². The number of aliphatic hydroxyl groups is 1. The Hall–Kier alpha value is -1.46. The fourth-order valence-corrected chi connectivity index (χ4v) is 3.68. The molecule has 5 heteroatoms. The summed E-state index contributed by atoms with van der Waals surface area (Å²) >= 11 is 0. The minimum Gasteiger partial charge on any atom is -0.493 e. The molecule has 1 aliphatic rings. The summed E-state index contributed by atoms with van der Waals surface area (Å²) in [5, 5.41) is 10.8. The van der Waals surface area contributed by atoms with Gasteiger partial charge in [0.2, 0.25) is 5.75 Å². The van der Waals surface area contributed by atoms with Crippen molar-refractivity contribution in [3.05, 3.63) is 17.7 Å². The van der Waals surface area contributed by atoms with E-state index in [1.54, 1.807) is 21.3 Å². The number of benzene rings is 1. The lowest BCUT2D eigenvalue weighted by molar-refractivity contribution is -0.0629. The van der Waals surface area contributed by atoms with Crippen LogP contribution in [0.4, 0.5) is 0 Å². The molecule has 1 fully saturated rings. The lowest BCUT2D eigenvalue weighted by atomic mass is 9.68. The van der Waals surface area contributed by atoms with Gasteiger partial charge in [0, 0.05) is 11.5 Å². The lowest BCUT2D eigenvalue weighted by Crippen LogP contribution is -2.45. The maximum absolute atomic E-state index is 10.8. The van der Waals surface area contributed by atoms with E-state index in [0.717, 1.165) is 18.5 Å². The molecule has 0 aromatic heterocycles. The van der Waals surface area contributed by atoms with Gasteiger partial charge in [-0.3, -0.25) is 4.90 Å². The molecule has 0 spiro atoms. The molecule has 130 valence electrons. The summed E-state index contributed by atoms with van der Waals surface area (Å²) in [6.07, 6.45) is 0.925. The zero-order valence-corrected chi connectivity index (χ0v) is 15.3. The van der Waals surface area contributed by atoms with Gasteiger partial charge in [-0.25, -0.2) is 0 Å². The van der Waals surface area contributed by atoms with E-state index < -0.39 is 5.60 Å². The molecule has 1 saturated heterocycles. The fraction of sp³-hybridized carbons (Fsp3) is 0.667. The molecule has 1 heterocycles. The molecule has 0 aliphatic carbocycles. The standard InChI is InChI=1S/C18H29NO4/c1-17(2,20)18(3)8-9-19(4)16(18)12-10-13(21-5)15(23-7)14(11-12)22-6/h10-11,16,20H,8-9H2,1-7H3/t16-,18-/m1/s1. The smallest absolute Gasteiger partial charge is 0.203 e. The molecule has 0 bridgehead atoms. The van der Waals surface area contributed by atoms with E-state index in [0.29, 0.717) is 17.2 Å². The Balaban J connectivity index is 2.59. The van der Waals surface area contributed by atoms with Gasteiger partial charge in [-0.1, -0.05) is 6.92 Å². The largest absolute Gasteiger partial charge is 0.493 e. The van der Waals surface area contributed by atoms with Gasteiger partial charge in [-0.15, -0.1) is 0 Å². The highest BCUT2D eigenvalue weighted by atomic mass is 16.5. The first-order valence-electron chi connectivity index (χ1n) is 7.92. The van der Waals surface area contributed by atoms with E-state index in [2.05, 4.69) is 18.9 Å². The third-order valence-electron chi connectivity index (χ3n) is 5.43. The van der Waals surface area contributed by atoms with Crippen molar-refractivity contribution in [2.45, 2.75) is 38.8 Å². The summed E-state index contributed by atoms with van der Waals surface area (Å²) in [6.45, 7) is 6.85. The average molecular weight is 323 g/mol. The summed E-state index contributed by atoms with van der Waals surface area (Å²) in [5.41, 5.74) is -0.0148. The maximum Gasteiger partial charge on any atom is 0.203 e. The number of hydrogen-bond donors (Lipinski definition) is 1. The first-order chi connectivity index (χ1) is 10.7. The molecule has 1 N–H and O–H groups in total. The Kier molecular flexibility index (Phi) is 4.83. The molecule has 0 amide bonds. The summed E-state index contributed by atoms with van der Waals surface area (Å²) in [4.78, 5) is 2.28. The minimum absolute atomic E-state index is 0.0659. The first-order valence-corrected chi connectivity index (χ1v) is 7.92. The summed E-state index contributed by atoms with van der Waals surface area (Å²) < 4.78 is 16.4. The van der Waals surface area contributed by atoms with E-state index in [4.69, 9.17) is 14.2 Å². The van der Waals surface area contributed by atoms with Crippen molar-refractivity contribution in [2.24, 2.45) is 5.41 Å². The molecule has 5 nitrogen and oxygen atoms in total. The number of nitrogens with zero attached hydrogens (tertiary/aromatic N) is 1. The molecule has 0 saturated carbocycles. The number of rotatable bonds is 5. The van der Waals surface area contributed by atoms with Crippen molar-refractivity contribution in [3.63, 3.8) is 0 Å². The molecule has 1 aliphatic heterocycles. The summed E-state index contributed by atoms with van der Waals surface area (Å²) in [5.74, 6) is 1.87. The predicted octanol–water partition coefficient (Wildman–Crippen LogP) is 2.87. The lowest BCUT2D eigenvalue weighted by Gasteiger charge is -2.43. The Labute approximate surface area is 139 Å². The molecule has 2 rings (SSSR count). The van der Waals surface area contributed by atoms with Gasteiger partial charge in [0.25, 0.3) is 0 Å². The number of methoxy groups -OCH3 is 3. The number of likely N-dealkylation sites (tertiary alicyclic amines) is 1. The molecule has 0 unspecified atom stereocenters. The zero-order chi connectivity index (χ0) is 17.4. The molecule has 2 atom stereocenters. The van der Waals surface area contributed by atoms with Gasteiger partial charge in [0.05, 0.1) is 26.9 Å². The van der Waals surface area contributed by atoms with E-state index in [-0.39, 0.29) is 11.5 Å². The Morgan fingerprint density at radius 2 is 1.65 bits per heavy atom. The second-order valence-corrected chi connectivity index (χ2v) is 7.07. The highest BCUT2D eigenvalue weighted by Gasteiger charge is 2.52. The third kappa shape index (κ3) is 2.88. The van der Waals surface area contributed by atoms with Crippen LogP contribution in [0.5, 0.6) is 17.2 Å². The van der Waals surface area contributed by atoms with Crippen molar-refractivity contribution < 1.29 is 19.3 Å². The van der Waals surface area contributed by atoms with Crippen molar-refractivity contribution in [2.75, 3.05) is 34.9 Å². The van der Waals surface area contributed by atoms with Crippen LogP contribution in [0, 0.1) is 5.41 Å². The predicted molar refractivity (Wildman–Crippen MR) is 90.5 cm³/mol. The van der Waals surface area contributed by atoms with E-state index in [9.17, 15) is 5.11 Å². The monoisotopic (exact) mass is 323 g/mol. The van der Waals surface area contributed by atoms with Gasteiger partial charge in [-0.2, -0.15) is 0 Å². The van der Waals surface area contributed by atoms with Crippen molar-refractivity contribution in [3.8, 4) is 17.2 Å². The van der Waals surface area contributed by atoms with Gasteiger partial charge in [0.1, 0.15) is 0 Å². The van der Waals surface area contributed by atoms with Crippen molar-refractivity contribution in [1.82, 2.24) is 4.90 Å². The molecule has 23 heavy (non-hydrogen) atoms. The number of ether oxygens (including phenoxy) is 3. The maximum atomic E-state index is 10.8. The van der Waals surface area contributed by atoms with Crippen LogP contribution in [0.3, 0.4) is 0 Å². The van der Waals surface area contributed by atoms with E-state index >= 15 is 0 Å². The number of hydrogen-bond acceptors (Lipinski definition) is 5. The summed E-state index contributed by atoms with van der Waals surface area (Å²) in [6, 6.07) is 4.03. The van der Waals surface area contributed by atoms with E-state index in [1.807, 2.05) is 26.0 Å². The quantitative estimate of drug-likeness (QED) is 0.903. The van der Waals surface area contributed by atoms with Crippen LogP contribution in [0.1, 0.15) is 38.8 Å². The molecule has 1 aromatic carbocycles. The highest BCUT2D eigenvalue weighted by Crippen LogP contribution is 2.54. The van der Waals surface area contributed by atoms with Gasteiger partial charge >= 0.3 is 0 Å².